The van der Waals surface area contributed by atoms with Gasteiger partial charge in [0.2, 0.25) is 5.91 Å². The molecule has 5 nitrogen and oxygen atoms in total. The van der Waals surface area contributed by atoms with Crippen LogP contribution >= 0.6 is 22.9 Å². The molecule has 0 bridgehead atoms. The molecule has 0 aliphatic rings. The summed E-state index contributed by atoms with van der Waals surface area (Å²) in [5.41, 5.74) is 2.78. The van der Waals surface area contributed by atoms with E-state index in [2.05, 4.69) is 15.6 Å². The van der Waals surface area contributed by atoms with E-state index in [0.717, 1.165) is 21.8 Å². The fraction of sp³-hybridized carbons (Fsp3) is 0.333. The number of halogens is 1. The number of likely N-dealkylation sites (N-methyl/N-ethyl adjacent to an activating group) is 1. The van der Waals surface area contributed by atoms with Crippen molar-refractivity contribution in [2.75, 3.05) is 31.3 Å². The van der Waals surface area contributed by atoms with E-state index >= 15 is 0 Å². The van der Waals surface area contributed by atoms with E-state index in [-0.39, 0.29) is 5.91 Å². The largest absolute Gasteiger partial charge is 0.378 e. The molecule has 0 unspecified atom stereocenters. The molecule has 1 heterocycles. The SMILES string of the molecule is Cc1ccc(NC(=O)CN(C)C)c(NCc2cnc(Cl)s2)c1. The molecule has 22 heavy (non-hydrogen) atoms. The fourth-order valence-electron chi connectivity index (χ4n) is 1.94. The minimum absolute atomic E-state index is 0.0438. The number of aromatic nitrogens is 1. The van der Waals surface area contributed by atoms with E-state index in [0.29, 0.717) is 17.6 Å². The van der Waals surface area contributed by atoms with Crippen molar-refractivity contribution >= 4 is 40.2 Å². The number of thiazole rings is 1. The zero-order chi connectivity index (χ0) is 16.1. The molecular weight excluding hydrogens is 320 g/mol. The van der Waals surface area contributed by atoms with Crippen LogP contribution in [-0.4, -0.2) is 36.4 Å². The van der Waals surface area contributed by atoms with E-state index in [1.54, 1.807) is 6.20 Å². The average molecular weight is 339 g/mol. The van der Waals surface area contributed by atoms with Crippen molar-refractivity contribution in [2.24, 2.45) is 0 Å². The van der Waals surface area contributed by atoms with Crippen molar-refractivity contribution in [2.45, 2.75) is 13.5 Å². The molecule has 0 spiro atoms. The second-order valence-electron chi connectivity index (χ2n) is 5.27. The summed E-state index contributed by atoms with van der Waals surface area (Å²) in [7, 11) is 3.73. The van der Waals surface area contributed by atoms with Gasteiger partial charge in [-0.1, -0.05) is 17.7 Å². The maximum atomic E-state index is 11.9. The van der Waals surface area contributed by atoms with Crippen LogP contribution in [0, 0.1) is 6.92 Å². The molecule has 0 saturated carbocycles. The van der Waals surface area contributed by atoms with E-state index < -0.39 is 0 Å². The Bertz CT molecular complexity index is 657. The molecule has 0 saturated heterocycles. The third-order valence-corrected chi connectivity index (χ3v) is 4.00. The number of amides is 1. The smallest absolute Gasteiger partial charge is 0.238 e. The summed E-state index contributed by atoms with van der Waals surface area (Å²) >= 11 is 7.27. The molecule has 118 valence electrons. The van der Waals surface area contributed by atoms with Crippen LogP contribution in [0.1, 0.15) is 10.4 Å². The maximum absolute atomic E-state index is 11.9. The van der Waals surface area contributed by atoms with Gasteiger partial charge in [0.25, 0.3) is 0 Å². The minimum atomic E-state index is -0.0438. The molecule has 2 N–H and O–H groups in total. The highest BCUT2D eigenvalue weighted by molar-refractivity contribution is 7.15. The molecule has 1 amide bonds. The van der Waals surface area contributed by atoms with Crippen molar-refractivity contribution in [3.8, 4) is 0 Å². The molecule has 0 radical (unpaired) electrons. The first-order valence-electron chi connectivity index (χ1n) is 6.83. The summed E-state index contributed by atoms with van der Waals surface area (Å²) in [6, 6.07) is 5.89. The first kappa shape index (κ1) is 16.7. The van der Waals surface area contributed by atoms with Crippen molar-refractivity contribution in [3.05, 3.63) is 39.3 Å². The van der Waals surface area contributed by atoms with Gasteiger partial charge in [0.1, 0.15) is 0 Å². The van der Waals surface area contributed by atoms with E-state index in [4.69, 9.17) is 11.6 Å². The highest BCUT2D eigenvalue weighted by Crippen LogP contribution is 2.25. The predicted octanol–water partition coefficient (Wildman–Crippen LogP) is 3.22. The van der Waals surface area contributed by atoms with Crippen molar-refractivity contribution in [1.29, 1.82) is 0 Å². The highest BCUT2D eigenvalue weighted by atomic mass is 35.5. The number of carbonyl (C=O) groups excluding carboxylic acids is 1. The first-order chi connectivity index (χ1) is 10.4. The fourth-order valence-corrected chi connectivity index (χ4v) is 2.86. The molecular formula is C15H19ClN4OS. The van der Waals surface area contributed by atoms with E-state index in [1.165, 1.54) is 11.3 Å². The number of hydrogen-bond donors (Lipinski definition) is 2. The topological polar surface area (TPSA) is 57.3 Å². The van der Waals surface area contributed by atoms with Crippen LogP contribution in [-0.2, 0) is 11.3 Å². The van der Waals surface area contributed by atoms with Gasteiger partial charge in [-0.25, -0.2) is 4.98 Å². The van der Waals surface area contributed by atoms with Gasteiger partial charge in [0.15, 0.2) is 4.47 Å². The highest BCUT2D eigenvalue weighted by Gasteiger charge is 2.09. The summed E-state index contributed by atoms with van der Waals surface area (Å²) in [4.78, 5) is 18.8. The summed E-state index contributed by atoms with van der Waals surface area (Å²) in [5, 5.41) is 6.26. The molecule has 0 atom stereocenters. The number of carbonyl (C=O) groups is 1. The van der Waals surface area contributed by atoms with Gasteiger partial charge in [0, 0.05) is 11.1 Å². The minimum Gasteiger partial charge on any atom is -0.378 e. The lowest BCUT2D eigenvalue weighted by molar-refractivity contribution is -0.116. The van der Waals surface area contributed by atoms with Gasteiger partial charge in [-0.3, -0.25) is 4.79 Å². The van der Waals surface area contributed by atoms with Gasteiger partial charge < -0.3 is 15.5 Å². The molecule has 0 aliphatic carbocycles. The number of hydrogen-bond acceptors (Lipinski definition) is 5. The standard InChI is InChI=1S/C15H19ClN4OS/c1-10-4-5-12(19-14(21)9-20(2)3)13(6-10)17-7-11-8-18-15(16)22-11/h4-6,8,17H,7,9H2,1-3H3,(H,19,21). The Hall–Kier alpha value is -1.63. The number of rotatable bonds is 6. The van der Waals surface area contributed by atoms with Crippen molar-refractivity contribution < 1.29 is 4.79 Å². The summed E-state index contributed by atoms with van der Waals surface area (Å²) in [6.45, 7) is 2.97. The van der Waals surface area contributed by atoms with Gasteiger partial charge in [-0.2, -0.15) is 0 Å². The van der Waals surface area contributed by atoms with Gasteiger partial charge >= 0.3 is 0 Å². The number of nitrogens with one attached hydrogen (secondary N) is 2. The number of anilines is 2. The average Bonchev–Trinajstić information content (AvgIpc) is 2.84. The van der Waals surface area contributed by atoms with Gasteiger partial charge in [-0.05, 0) is 38.7 Å². The Morgan fingerprint density at radius 2 is 2.14 bits per heavy atom. The lowest BCUT2D eigenvalue weighted by Gasteiger charge is -2.15. The second kappa shape index (κ2) is 7.58. The van der Waals surface area contributed by atoms with Crippen LogP contribution in [0.3, 0.4) is 0 Å². The first-order valence-corrected chi connectivity index (χ1v) is 8.03. The summed E-state index contributed by atoms with van der Waals surface area (Å²) in [5.74, 6) is -0.0438. The van der Waals surface area contributed by atoms with Crippen LogP contribution in [0.5, 0.6) is 0 Å². The van der Waals surface area contributed by atoms with Crippen LogP contribution in [0.15, 0.2) is 24.4 Å². The third-order valence-electron chi connectivity index (χ3n) is 2.89. The van der Waals surface area contributed by atoms with Gasteiger partial charge in [-0.15, -0.1) is 11.3 Å². The zero-order valence-electron chi connectivity index (χ0n) is 12.8. The Morgan fingerprint density at radius 3 is 2.77 bits per heavy atom. The van der Waals surface area contributed by atoms with Crippen LogP contribution in [0.4, 0.5) is 11.4 Å². The Kier molecular flexibility index (Phi) is 5.76. The van der Waals surface area contributed by atoms with Crippen molar-refractivity contribution in [1.82, 2.24) is 9.88 Å². The molecule has 0 fully saturated rings. The molecule has 1 aromatic carbocycles. The summed E-state index contributed by atoms with van der Waals surface area (Å²) < 4.78 is 0.528. The second-order valence-corrected chi connectivity index (χ2v) is 6.97. The Morgan fingerprint density at radius 1 is 1.36 bits per heavy atom. The maximum Gasteiger partial charge on any atom is 0.238 e. The van der Waals surface area contributed by atoms with Crippen LogP contribution < -0.4 is 10.6 Å². The van der Waals surface area contributed by atoms with Crippen molar-refractivity contribution in [3.63, 3.8) is 0 Å². The molecule has 2 aromatic rings. The van der Waals surface area contributed by atoms with Gasteiger partial charge in [0.05, 0.1) is 24.5 Å². The molecule has 1 aromatic heterocycles. The Balaban J connectivity index is 2.08. The predicted molar refractivity (Wildman–Crippen MR) is 92.8 cm³/mol. The molecule has 7 heteroatoms. The third kappa shape index (κ3) is 4.98. The number of benzene rings is 1. The normalized spacial score (nSPS) is 10.8. The lowest BCUT2D eigenvalue weighted by Crippen LogP contribution is -2.27. The Labute approximate surface area is 139 Å². The molecule has 2 rings (SSSR count). The van der Waals surface area contributed by atoms with E-state index in [1.807, 2.05) is 44.1 Å². The number of aryl methyl sites for hydroxylation is 1. The summed E-state index contributed by atoms with van der Waals surface area (Å²) in [6.07, 6.45) is 1.75. The lowest BCUT2D eigenvalue weighted by atomic mass is 10.2. The van der Waals surface area contributed by atoms with Crippen LogP contribution in [0.2, 0.25) is 4.47 Å². The van der Waals surface area contributed by atoms with E-state index in [9.17, 15) is 4.79 Å². The monoisotopic (exact) mass is 338 g/mol. The van der Waals surface area contributed by atoms with Crippen LogP contribution in [0.25, 0.3) is 0 Å². The molecule has 0 aliphatic heterocycles. The zero-order valence-corrected chi connectivity index (χ0v) is 14.4. The number of nitrogens with zero attached hydrogens (tertiary/aromatic N) is 2. The quantitative estimate of drug-likeness (QED) is 0.849.